The smallest absolute Gasteiger partial charge is 0.170 e. The number of hydrogen-bond acceptors (Lipinski definition) is 1. The lowest BCUT2D eigenvalue weighted by Gasteiger charge is -2.06. The summed E-state index contributed by atoms with van der Waals surface area (Å²) in [6, 6.07) is 0. The predicted molar refractivity (Wildman–Crippen MR) is 104 cm³/mol. The Bertz CT molecular complexity index is 194. The molecule has 0 aromatic rings. The molecule has 2 heteroatoms. The normalized spacial score (nSPS) is 11.5. The van der Waals surface area contributed by atoms with E-state index in [9.17, 15) is 0 Å². The Labute approximate surface area is 143 Å². The highest BCUT2D eigenvalue weighted by Crippen LogP contribution is 2.13. The molecule has 0 amide bonds. The summed E-state index contributed by atoms with van der Waals surface area (Å²) in [6.45, 7) is 7.82. The van der Waals surface area contributed by atoms with Gasteiger partial charge in [-0.2, -0.15) is 0 Å². The van der Waals surface area contributed by atoms with Crippen LogP contribution < -0.4 is 0 Å². The summed E-state index contributed by atoms with van der Waals surface area (Å²) < 4.78 is 5.70. The van der Waals surface area contributed by atoms with Crippen molar-refractivity contribution in [1.82, 2.24) is 0 Å². The lowest BCUT2D eigenvalue weighted by atomic mass is 10.0. The van der Waals surface area contributed by atoms with Gasteiger partial charge >= 0.3 is 0 Å². The van der Waals surface area contributed by atoms with Crippen LogP contribution in [0.25, 0.3) is 0 Å². The Kier molecular flexibility index (Phi) is 19.4. The van der Waals surface area contributed by atoms with Crippen LogP contribution in [0.1, 0.15) is 110 Å². The van der Waals surface area contributed by atoms with Crippen molar-refractivity contribution in [2.75, 3.05) is 6.61 Å². The molecule has 0 aliphatic carbocycles. The van der Waals surface area contributed by atoms with Crippen LogP contribution in [-0.2, 0) is 4.43 Å². The topological polar surface area (TPSA) is 9.23 Å². The molecular formula is C20H44OSi. The zero-order valence-electron chi connectivity index (χ0n) is 16.0. The van der Waals surface area contributed by atoms with Gasteiger partial charge in [0.15, 0.2) is 9.04 Å². The maximum atomic E-state index is 5.70. The maximum absolute atomic E-state index is 5.70. The second-order valence-electron chi connectivity index (χ2n) is 7.22. The molecule has 0 bridgehead atoms. The Morgan fingerprint density at radius 1 is 0.500 bits per heavy atom. The number of hydrogen-bond donors (Lipinski definition) is 0. The second-order valence-corrected chi connectivity index (χ2v) is 9.65. The van der Waals surface area contributed by atoms with Crippen LogP contribution in [0, 0.1) is 0 Å². The molecule has 0 heterocycles. The van der Waals surface area contributed by atoms with Crippen LogP contribution >= 0.6 is 0 Å². The quantitative estimate of drug-likeness (QED) is 0.190. The van der Waals surface area contributed by atoms with E-state index in [1.165, 1.54) is 103 Å². The first kappa shape index (κ1) is 22.2. The highest BCUT2D eigenvalue weighted by atomic mass is 28.3. The molecule has 0 unspecified atom stereocenters. The number of rotatable bonds is 18. The van der Waals surface area contributed by atoms with Crippen LogP contribution in [0.15, 0.2) is 0 Å². The summed E-state index contributed by atoms with van der Waals surface area (Å²) in [4.78, 5) is 0. The van der Waals surface area contributed by atoms with Crippen LogP contribution in [0.4, 0.5) is 0 Å². The zero-order valence-corrected chi connectivity index (χ0v) is 17.2. The van der Waals surface area contributed by atoms with E-state index in [2.05, 4.69) is 20.0 Å². The predicted octanol–water partition coefficient (Wildman–Crippen LogP) is 7.25. The average molecular weight is 329 g/mol. The van der Waals surface area contributed by atoms with E-state index in [0.29, 0.717) is 0 Å². The Morgan fingerprint density at radius 2 is 0.818 bits per heavy atom. The fourth-order valence-electron chi connectivity index (χ4n) is 2.97. The fraction of sp³-hybridized carbons (Fsp3) is 1.00. The van der Waals surface area contributed by atoms with Gasteiger partial charge in [0.1, 0.15) is 0 Å². The van der Waals surface area contributed by atoms with E-state index in [0.717, 1.165) is 6.61 Å². The summed E-state index contributed by atoms with van der Waals surface area (Å²) in [5, 5.41) is 0. The van der Waals surface area contributed by atoms with Crippen molar-refractivity contribution in [2.45, 2.75) is 123 Å². The third-order valence-electron chi connectivity index (χ3n) is 4.45. The van der Waals surface area contributed by atoms with Crippen molar-refractivity contribution < 1.29 is 4.43 Å². The monoisotopic (exact) mass is 328 g/mol. The standard InChI is InChI=1S/C20H44OSi/c1-4-5-6-7-8-9-10-11-12-13-14-15-16-17-18-19-20-21-22(2)3/h22H,4-20H2,1-3H3. The van der Waals surface area contributed by atoms with Gasteiger partial charge in [0.2, 0.25) is 0 Å². The average Bonchev–Trinajstić information content (AvgIpc) is 2.50. The molecule has 22 heavy (non-hydrogen) atoms. The van der Waals surface area contributed by atoms with Gasteiger partial charge < -0.3 is 4.43 Å². The molecule has 0 saturated carbocycles. The van der Waals surface area contributed by atoms with Gasteiger partial charge in [-0.15, -0.1) is 0 Å². The van der Waals surface area contributed by atoms with E-state index >= 15 is 0 Å². The van der Waals surface area contributed by atoms with Gasteiger partial charge in [0.05, 0.1) is 0 Å². The third kappa shape index (κ3) is 20.2. The minimum absolute atomic E-state index is 0.765. The molecule has 0 spiro atoms. The van der Waals surface area contributed by atoms with Gasteiger partial charge in [0.25, 0.3) is 0 Å². The molecule has 134 valence electrons. The first-order chi connectivity index (χ1) is 10.8. The molecule has 0 N–H and O–H groups in total. The van der Waals surface area contributed by atoms with Gasteiger partial charge in [-0.1, -0.05) is 103 Å². The lowest BCUT2D eigenvalue weighted by molar-refractivity contribution is 0.311. The van der Waals surface area contributed by atoms with Crippen LogP contribution in [0.3, 0.4) is 0 Å². The molecule has 0 aromatic heterocycles. The molecule has 1 nitrogen and oxygen atoms in total. The van der Waals surface area contributed by atoms with Crippen molar-refractivity contribution >= 4 is 9.04 Å². The van der Waals surface area contributed by atoms with Crippen LogP contribution in [0.5, 0.6) is 0 Å². The Balaban J connectivity index is 2.94. The van der Waals surface area contributed by atoms with E-state index in [-0.39, 0.29) is 0 Å². The van der Waals surface area contributed by atoms with Crippen molar-refractivity contribution in [2.24, 2.45) is 0 Å². The van der Waals surface area contributed by atoms with Gasteiger partial charge in [-0.25, -0.2) is 0 Å². The summed E-state index contributed by atoms with van der Waals surface area (Å²) in [7, 11) is -0.765. The first-order valence-corrected chi connectivity index (χ1v) is 13.2. The van der Waals surface area contributed by atoms with Crippen molar-refractivity contribution in [1.29, 1.82) is 0 Å². The minimum atomic E-state index is -0.765. The summed E-state index contributed by atoms with van der Waals surface area (Å²) in [5.74, 6) is 0. The first-order valence-electron chi connectivity index (χ1n) is 10.4. The number of unbranched alkanes of at least 4 members (excludes halogenated alkanes) is 15. The molecular weight excluding hydrogens is 284 g/mol. The van der Waals surface area contributed by atoms with Crippen LogP contribution in [0.2, 0.25) is 13.1 Å². The van der Waals surface area contributed by atoms with Crippen LogP contribution in [-0.4, -0.2) is 15.6 Å². The largest absolute Gasteiger partial charge is 0.421 e. The summed E-state index contributed by atoms with van der Waals surface area (Å²) >= 11 is 0. The van der Waals surface area contributed by atoms with Crippen molar-refractivity contribution in [3.8, 4) is 0 Å². The minimum Gasteiger partial charge on any atom is -0.421 e. The Hall–Kier alpha value is 0.177. The molecule has 0 aliphatic rings. The highest BCUT2D eigenvalue weighted by molar-refractivity contribution is 6.48. The maximum Gasteiger partial charge on any atom is 0.170 e. The molecule has 0 aromatic carbocycles. The van der Waals surface area contributed by atoms with Crippen molar-refractivity contribution in [3.63, 3.8) is 0 Å². The zero-order chi connectivity index (χ0) is 16.3. The Morgan fingerprint density at radius 3 is 1.14 bits per heavy atom. The van der Waals surface area contributed by atoms with E-state index in [4.69, 9.17) is 4.43 Å². The van der Waals surface area contributed by atoms with E-state index < -0.39 is 9.04 Å². The summed E-state index contributed by atoms with van der Waals surface area (Å²) in [5.41, 5.74) is 0. The lowest BCUT2D eigenvalue weighted by Crippen LogP contribution is -2.08. The highest BCUT2D eigenvalue weighted by Gasteiger charge is 1.96. The molecule has 0 aliphatic heterocycles. The summed E-state index contributed by atoms with van der Waals surface area (Å²) in [6.07, 6.45) is 23.0. The van der Waals surface area contributed by atoms with Gasteiger partial charge in [0, 0.05) is 6.61 Å². The van der Waals surface area contributed by atoms with Gasteiger partial charge in [-0.3, -0.25) is 0 Å². The molecule has 0 atom stereocenters. The van der Waals surface area contributed by atoms with E-state index in [1.807, 2.05) is 0 Å². The fourth-order valence-corrected chi connectivity index (χ4v) is 3.61. The SMILES string of the molecule is CCCCCCCCCCCCCCCCCCO[SiH](C)C. The third-order valence-corrected chi connectivity index (χ3v) is 5.35. The molecule has 0 saturated heterocycles. The molecule has 0 radical (unpaired) electrons. The molecule has 0 fully saturated rings. The van der Waals surface area contributed by atoms with Gasteiger partial charge in [-0.05, 0) is 19.5 Å². The van der Waals surface area contributed by atoms with Crippen molar-refractivity contribution in [3.05, 3.63) is 0 Å². The van der Waals surface area contributed by atoms with E-state index in [1.54, 1.807) is 0 Å². The second kappa shape index (κ2) is 19.2. The molecule has 0 rings (SSSR count).